The number of unbranched alkanes of at least 4 members (excludes halogenated alkanes) is 1. The highest BCUT2D eigenvalue weighted by atomic mass is 16.0. The van der Waals surface area contributed by atoms with Crippen molar-refractivity contribution < 1.29 is 9.96 Å². The van der Waals surface area contributed by atoms with Crippen LogP contribution >= 0.6 is 0 Å². The van der Waals surface area contributed by atoms with E-state index in [2.05, 4.69) is 27.9 Å². The lowest BCUT2D eigenvalue weighted by atomic mass is 10.3. The molecule has 1 N–H and O–H groups in total. The molecule has 0 aromatic rings. The molecule has 0 heterocycles. The maximum atomic E-state index is 2.32. The van der Waals surface area contributed by atoms with Crippen LogP contribution in [0.5, 0.6) is 0 Å². The molecule has 0 bridgehead atoms. The molecule has 0 amide bonds. The van der Waals surface area contributed by atoms with Gasteiger partial charge in [0.2, 0.25) is 0 Å². The zero-order valence-electron chi connectivity index (χ0n) is 8.43. The summed E-state index contributed by atoms with van der Waals surface area (Å²) >= 11 is 0. The van der Waals surface area contributed by atoms with Crippen molar-refractivity contribution in [3.8, 4) is 0 Å². The number of quaternary nitrogens is 1. The SMILES string of the molecule is CCCC[N+](C)(C)CCC.[OH-]. The van der Waals surface area contributed by atoms with Gasteiger partial charge in [0.05, 0.1) is 27.2 Å². The summed E-state index contributed by atoms with van der Waals surface area (Å²) < 4.78 is 1.20. The minimum Gasteiger partial charge on any atom is -0.870 e. The van der Waals surface area contributed by atoms with Crippen molar-refractivity contribution in [2.45, 2.75) is 33.1 Å². The van der Waals surface area contributed by atoms with Crippen LogP contribution in [0.3, 0.4) is 0 Å². The van der Waals surface area contributed by atoms with Crippen LogP contribution in [0.1, 0.15) is 33.1 Å². The van der Waals surface area contributed by atoms with Gasteiger partial charge in [-0.25, -0.2) is 0 Å². The molecule has 0 saturated heterocycles. The summed E-state index contributed by atoms with van der Waals surface area (Å²) in [5.41, 5.74) is 0. The molecule has 0 spiro atoms. The van der Waals surface area contributed by atoms with E-state index in [4.69, 9.17) is 0 Å². The molecule has 0 rings (SSSR count). The first-order chi connectivity index (χ1) is 4.62. The van der Waals surface area contributed by atoms with Gasteiger partial charge in [-0.3, -0.25) is 0 Å². The quantitative estimate of drug-likeness (QED) is 0.568. The minimum absolute atomic E-state index is 0. The number of hydrogen-bond donors (Lipinski definition) is 0. The van der Waals surface area contributed by atoms with Crippen LogP contribution in [-0.2, 0) is 0 Å². The normalized spacial score (nSPS) is 10.9. The second kappa shape index (κ2) is 6.62. The molecule has 70 valence electrons. The summed E-state index contributed by atoms with van der Waals surface area (Å²) in [6, 6.07) is 0. The Hall–Kier alpha value is -0.0800. The van der Waals surface area contributed by atoms with Gasteiger partial charge in [-0.15, -0.1) is 0 Å². The molecule has 0 radical (unpaired) electrons. The predicted octanol–water partition coefficient (Wildman–Crippen LogP) is 2.10. The Labute approximate surface area is 71.1 Å². The molecule has 11 heavy (non-hydrogen) atoms. The second-order valence-electron chi connectivity index (χ2n) is 3.74. The van der Waals surface area contributed by atoms with E-state index in [-0.39, 0.29) is 5.48 Å². The third-order valence-electron chi connectivity index (χ3n) is 1.95. The van der Waals surface area contributed by atoms with Crippen LogP contribution < -0.4 is 0 Å². The average Bonchev–Trinajstić information content (AvgIpc) is 1.84. The van der Waals surface area contributed by atoms with Gasteiger partial charge in [-0.1, -0.05) is 20.3 Å². The zero-order valence-corrected chi connectivity index (χ0v) is 8.43. The molecule has 2 nitrogen and oxygen atoms in total. The summed E-state index contributed by atoms with van der Waals surface area (Å²) in [5, 5.41) is 0. The lowest BCUT2D eigenvalue weighted by Gasteiger charge is -2.29. The maximum Gasteiger partial charge on any atom is 0.0782 e. The van der Waals surface area contributed by atoms with E-state index < -0.39 is 0 Å². The van der Waals surface area contributed by atoms with Crippen molar-refractivity contribution in [3.63, 3.8) is 0 Å². The molecule has 2 heteroatoms. The van der Waals surface area contributed by atoms with Gasteiger partial charge in [0.15, 0.2) is 0 Å². The highest BCUT2D eigenvalue weighted by Crippen LogP contribution is 2.02. The number of rotatable bonds is 5. The van der Waals surface area contributed by atoms with Crippen LogP contribution in [-0.4, -0.2) is 37.1 Å². The van der Waals surface area contributed by atoms with E-state index >= 15 is 0 Å². The Morgan fingerprint density at radius 1 is 0.909 bits per heavy atom. The van der Waals surface area contributed by atoms with Gasteiger partial charge < -0.3 is 9.96 Å². The van der Waals surface area contributed by atoms with Crippen LogP contribution in [0.4, 0.5) is 0 Å². The highest BCUT2D eigenvalue weighted by molar-refractivity contribution is 4.34. The van der Waals surface area contributed by atoms with Crippen molar-refractivity contribution in [2.75, 3.05) is 27.2 Å². The predicted molar refractivity (Wildman–Crippen MR) is 49.0 cm³/mol. The van der Waals surface area contributed by atoms with Crippen molar-refractivity contribution >= 4 is 0 Å². The van der Waals surface area contributed by atoms with E-state index in [1.165, 1.54) is 36.8 Å². The summed E-state index contributed by atoms with van der Waals surface area (Å²) in [4.78, 5) is 0. The van der Waals surface area contributed by atoms with E-state index in [1.54, 1.807) is 0 Å². The Bertz CT molecular complexity index is 81.6. The summed E-state index contributed by atoms with van der Waals surface area (Å²) in [7, 11) is 4.64. The highest BCUT2D eigenvalue weighted by Gasteiger charge is 2.10. The second-order valence-corrected chi connectivity index (χ2v) is 3.74. The molecule has 0 aliphatic rings. The lowest BCUT2D eigenvalue weighted by Crippen LogP contribution is -2.40. The maximum absolute atomic E-state index is 2.32. The molecule has 0 atom stereocenters. The average molecular weight is 161 g/mol. The first-order valence-electron chi connectivity index (χ1n) is 4.44. The summed E-state index contributed by atoms with van der Waals surface area (Å²) in [5.74, 6) is 0. The molecule has 0 fully saturated rings. The third-order valence-corrected chi connectivity index (χ3v) is 1.95. The topological polar surface area (TPSA) is 30.0 Å². The van der Waals surface area contributed by atoms with Crippen molar-refractivity contribution in [1.29, 1.82) is 0 Å². The largest absolute Gasteiger partial charge is 0.870 e. The number of nitrogens with zero attached hydrogens (tertiary/aromatic N) is 1. The van der Waals surface area contributed by atoms with Crippen LogP contribution in [0.2, 0.25) is 0 Å². The Morgan fingerprint density at radius 3 is 1.82 bits per heavy atom. The Kier molecular flexibility index (Phi) is 8.13. The van der Waals surface area contributed by atoms with Crippen LogP contribution in [0, 0.1) is 0 Å². The van der Waals surface area contributed by atoms with Gasteiger partial charge >= 0.3 is 0 Å². The van der Waals surface area contributed by atoms with Gasteiger partial charge in [0.25, 0.3) is 0 Å². The molecular weight excluding hydrogens is 138 g/mol. The van der Waals surface area contributed by atoms with E-state index in [1.807, 2.05) is 0 Å². The van der Waals surface area contributed by atoms with E-state index in [0.29, 0.717) is 0 Å². The summed E-state index contributed by atoms with van der Waals surface area (Å²) in [6.07, 6.45) is 4.00. The molecule has 0 aromatic carbocycles. The first-order valence-corrected chi connectivity index (χ1v) is 4.44. The third kappa shape index (κ3) is 7.82. The first kappa shape index (κ1) is 13.5. The molecule has 0 saturated carbocycles. The van der Waals surface area contributed by atoms with Crippen molar-refractivity contribution in [1.82, 2.24) is 0 Å². The van der Waals surface area contributed by atoms with Crippen molar-refractivity contribution in [3.05, 3.63) is 0 Å². The van der Waals surface area contributed by atoms with Gasteiger partial charge in [-0.05, 0) is 12.8 Å². The van der Waals surface area contributed by atoms with Gasteiger partial charge in [0.1, 0.15) is 0 Å². The minimum atomic E-state index is 0. The standard InChI is InChI=1S/C9H22N.H2O/c1-5-7-9-10(3,4)8-6-2;/h5-9H2,1-4H3;1H2/q+1;/p-1. The van der Waals surface area contributed by atoms with Crippen LogP contribution in [0.25, 0.3) is 0 Å². The lowest BCUT2D eigenvalue weighted by molar-refractivity contribution is -0.890. The zero-order chi connectivity index (χ0) is 8.04. The van der Waals surface area contributed by atoms with Crippen molar-refractivity contribution in [2.24, 2.45) is 0 Å². The fourth-order valence-electron chi connectivity index (χ4n) is 1.30. The molecule has 0 unspecified atom stereocenters. The van der Waals surface area contributed by atoms with E-state index in [9.17, 15) is 0 Å². The monoisotopic (exact) mass is 161 g/mol. The fraction of sp³-hybridized carbons (Fsp3) is 1.00. The molecule has 0 aliphatic heterocycles. The van der Waals surface area contributed by atoms with Gasteiger partial charge in [-0.2, -0.15) is 0 Å². The smallest absolute Gasteiger partial charge is 0.0782 e. The van der Waals surface area contributed by atoms with Crippen LogP contribution in [0.15, 0.2) is 0 Å². The fourth-order valence-corrected chi connectivity index (χ4v) is 1.30. The Morgan fingerprint density at radius 2 is 1.45 bits per heavy atom. The molecule has 0 aromatic heterocycles. The Balaban J connectivity index is 0. The number of hydrogen-bond acceptors (Lipinski definition) is 1. The molecule has 0 aliphatic carbocycles. The van der Waals surface area contributed by atoms with Gasteiger partial charge in [0, 0.05) is 0 Å². The molecular formula is C9H23NO. The van der Waals surface area contributed by atoms with E-state index in [0.717, 1.165) is 0 Å². The summed E-state index contributed by atoms with van der Waals surface area (Å²) in [6.45, 7) is 7.17.